The zero-order valence-corrected chi connectivity index (χ0v) is 25.9. The number of ether oxygens (including phenoxy) is 2. The van der Waals surface area contributed by atoms with Gasteiger partial charge in [0.25, 0.3) is 0 Å². The quantitative estimate of drug-likeness (QED) is 0.0935. The minimum absolute atomic E-state index is 0. The summed E-state index contributed by atoms with van der Waals surface area (Å²) in [6.07, 6.45) is 3.63. The average molecular weight is 565 g/mol. The van der Waals surface area contributed by atoms with Crippen LogP contribution in [0.15, 0.2) is 48.7 Å². The van der Waals surface area contributed by atoms with Crippen LogP contribution in [0.5, 0.6) is 5.75 Å². The van der Waals surface area contributed by atoms with Gasteiger partial charge in [0.1, 0.15) is 17.9 Å². The van der Waals surface area contributed by atoms with E-state index in [4.69, 9.17) is 15.2 Å². The van der Waals surface area contributed by atoms with Gasteiger partial charge in [0.15, 0.2) is 5.82 Å². The molecule has 4 aromatic rings. The van der Waals surface area contributed by atoms with Gasteiger partial charge in [-0.3, -0.25) is 4.98 Å². The van der Waals surface area contributed by atoms with E-state index < -0.39 is 20.5 Å². The molecule has 2 aromatic carbocycles. The molecule has 0 spiro atoms. The first-order chi connectivity index (χ1) is 17.8. The molecule has 10 heteroatoms. The van der Waals surface area contributed by atoms with Gasteiger partial charge in [-0.15, -0.1) is 0 Å². The number of alkyl halides is 2. The van der Waals surface area contributed by atoms with E-state index in [0.29, 0.717) is 23.5 Å². The second-order valence-corrected chi connectivity index (χ2v) is 9.88. The van der Waals surface area contributed by atoms with Gasteiger partial charge in [-0.05, 0) is 60.7 Å². The summed E-state index contributed by atoms with van der Waals surface area (Å²) >= 11 is 0. The maximum atomic E-state index is 12.9. The molecule has 2 N–H and O–H groups in total. The second-order valence-electron chi connectivity index (χ2n) is 8.94. The van der Waals surface area contributed by atoms with Gasteiger partial charge in [0.05, 0.1) is 25.2 Å². The van der Waals surface area contributed by atoms with Crippen molar-refractivity contribution in [1.82, 2.24) is 9.97 Å². The minimum Gasteiger partial charge on any atom is -0.491 e. The maximum Gasteiger partial charge on any atom is 1.00 e. The SMILES string of the molecule is [CH2-]Cc1ccc2c(c1)nc(N)c1ncc(CCc3ccc(OCCOCCC(F)(F)[PH+]=O)cc3C)cc12.[K+]. The Balaban J connectivity index is 0.00000400. The standard InChI is InChI=1S/C28H29F2N3O3P.K/c1-3-19-5-9-23-24-15-20(17-32-26(24)27(31)33-25(23)16-19)4-6-21-7-8-22(14-18(21)2)36-13-12-35-11-10-28(29,30)37-34;/h5,7-9,14-17H,1,3-4,6,10-13H2,2H3,(H2,31,33);/q-1;+1/p+1. The Morgan fingerprint density at radius 3 is 2.58 bits per heavy atom. The number of fused-ring (bicyclic) bond motifs is 3. The number of nitrogens with two attached hydrogens (primary N) is 1. The molecular formula is C28H30F2KN3O3P+. The van der Waals surface area contributed by atoms with Crippen LogP contribution >= 0.6 is 8.46 Å². The van der Waals surface area contributed by atoms with Crippen LogP contribution in [0, 0.1) is 13.8 Å². The summed E-state index contributed by atoms with van der Waals surface area (Å²) in [6, 6.07) is 14.2. The van der Waals surface area contributed by atoms with Gasteiger partial charge >= 0.3 is 65.5 Å². The van der Waals surface area contributed by atoms with Crippen molar-refractivity contribution in [3.63, 3.8) is 0 Å². The topological polar surface area (TPSA) is 87.3 Å². The Bertz CT molecular complexity index is 1420. The summed E-state index contributed by atoms with van der Waals surface area (Å²) in [7, 11) is -1.66. The van der Waals surface area contributed by atoms with Crippen molar-refractivity contribution in [3.8, 4) is 5.75 Å². The van der Waals surface area contributed by atoms with Crippen molar-refractivity contribution in [2.75, 3.05) is 25.6 Å². The van der Waals surface area contributed by atoms with Crippen LogP contribution < -0.4 is 61.9 Å². The monoisotopic (exact) mass is 564 g/mol. The maximum absolute atomic E-state index is 12.9. The first-order valence-electron chi connectivity index (χ1n) is 12.1. The summed E-state index contributed by atoms with van der Waals surface area (Å²) in [5.41, 5.74) is 9.08. The first kappa shape index (κ1) is 31.0. The zero-order chi connectivity index (χ0) is 26.4. The third-order valence-corrected chi connectivity index (χ3v) is 6.82. The van der Waals surface area contributed by atoms with E-state index in [0.717, 1.165) is 45.8 Å². The predicted molar refractivity (Wildman–Crippen MR) is 144 cm³/mol. The van der Waals surface area contributed by atoms with E-state index in [1.807, 2.05) is 37.4 Å². The van der Waals surface area contributed by atoms with E-state index in [1.54, 1.807) is 0 Å². The minimum atomic E-state index is -3.19. The average Bonchev–Trinajstić information content (AvgIpc) is 2.89. The number of nitrogen functional groups attached to an aromatic ring is 1. The van der Waals surface area contributed by atoms with Crippen molar-refractivity contribution >= 4 is 36.1 Å². The van der Waals surface area contributed by atoms with Crippen molar-refractivity contribution < 1.29 is 74.2 Å². The molecule has 194 valence electrons. The molecule has 0 aliphatic heterocycles. The number of aryl methyl sites for hydroxylation is 3. The molecule has 1 atom stereocenters. The third kappa shape index (κ3) is 7.98. The van der Waals surface area contributed by atoms with E-state index in [9.17, 15) is 13.3 Å². The van der Waals surface area contributed by atoms with Gasteiger partial charge in [0, 0.05) is 17.0 Å². The normalized spacial score (nSPS) is 11.7. The van der Waals surface area contributed by atoms with Crippen LogP contribution in [0.3, 0.4) is 0 Å². The molecule has 0 amide bonds. The summed E-state index contributed by atoms with van der Waals surface area (Å²) in [5.74, 6) is 1.12. The van der Waals surface area contributed by atoms with E-state index in [-0.39, 0.29) is 71.2 Å². The summed E-state index contributed by atoms with van der Waals surface area (Å²) in [4.78, 5) is 9.14. The molecule has 2 heterocycles. The van der Waals surface area contributed by atoms with Gasteiger partial charge in [-0.2, -0.15) is 15.2 Å². The van der Waals surface area contributed by atoms with Crippen molar-refractivity contribution in [2.45, 2.75) is 38.3 Å². The molecule has 0 bridgehead atoms. The van der Waals surface area contributed by atoms with Gasteiger partial charge in [0.2, 0.25) is 0 Å². The molecule has 0 radical (unpaired) electrons. The number of rotatable bonds is 12. The van der Waals surface area contributed by atoms with Gasteiger partial charge < -0.3 is 22.1 Å². The second kappa shape index (κ2) is 14.2. The Morgan fingerprint density at radius 2 is 1.84 bits per heavy atom. The van der Waals surface area contributed by atoms with Crippen LogP contribution in [0.2, 0.25) is 0 Å². The summed E-state index contributed by atoms with van der Waals surface area (Å²) in [5, 5.41) is 2.02. The van der Waals surface area contributed by atoms with Crippen molar-refractivity contribution in [3.05, 3.63) is 77.8 Å². The zero-order valence-electron chi connectivity index (χ0n) is 21.7. The molecule has 0 fully saturated rings. The fourth-order valence-corrected chi connectivity index (χ4v) is 4.38. The van der Waals surface area contributed by atoms with Gasteiger partial charge in [-0.25, -0.2) is 4.98 Å². The number of pyridine rings is 2. The number of halogens is 2. The smallest absolute Gasteiger partial charge is 0.491 e. The molecule has 0 aliphatic rings. The molecule has 0 aliphatic carbocycles. The Hall–Kier alpha value is -1.58. The Labute approximate surface area is 265 Å². The van der Waals surface area contributed by atoms with E-state index in [1.165, 1.54) is 5.56 Å². The number of hydrogen-bond acceptors (Lipinski definition) is 6. The van der Waals surface area contributed by atoms with E-state index >= 15 is 0 Å². The van der Waals surface area contributed by atoms with Crippen LogP contribution in [-0.4, -0.2) is 35.5 Å². The first-order valence-corrected chi connectivity index (χ1v) is 13.0. The van der Waals surface area contributed by atoms with Gasteiger partial charge in [-0.1, -0.05) is 28.3 Å². The molecule has 4 rings (SSSR count). The number of hydrogen-bond donors (Lipinski definition) is 1. The predicted octanol–water partition coefficient (Wildman–Crippen LogP) is 3.24. The van der Waals surface area contributed by atoms with Crippen LogP contribution in [0.25, 0.3) is 21.8 Å². The van der Waals surface area contributed by atoms with Crippen LogP contribution in [-0.2, 0) is 28.6 Å². The molecule has 6 nitrogen and oxygen atoms in total. The fraction of sp³-hybridized carbons (Fsp3) is 0.321. The van der Waals surface area contributed by atoms with Crippen molar-refractivity contribution in [2.24, 2.45) is 0 Å². The fourth-order valence-electron chi connectivity index (χ4n) is 4.18. The van der Waals surface area contributed by atoms with Crippen LogP contribution in [0.1, 0.15) is 28.7 Å². The number of benzene rings is 2. The largest absolute Gasteiger partial charge is 1.00 e. The summed E-state index contributed by atoms with van der Waals surface area (Å²) in [6.45, 7) is 6.24. The Kier molecular flexibility index (Phi) is 11.5. The molecular weight excluding hydrogens is 534 g/mol. The van der Waals surface area contributed by atoms with Crippen LogP contribution in [0.4, 0.5) is 14.6 Å². The number of aromatic nitrogens is 2. The van der Waals surface area contributed by atoms with Crippen molar-refractivity contribution in [1.29, 1.82) is 0 Å². The molecule has 38 heavy (non-hydrogen) atoms. The molecule has 0 saturated carbocycles. The number of anilines is 1. The Morgan fingerprint density at radius 1 is 1.03 bits per heavy atom. The third-order valence-electron chi connectivity index (χ3n) is 6.27. The molecule has 2 aromatic heterocycles. The molecule has 0 saturated heterocycles. The number of nitrogens with zero attached hydrogens (tertiary/aromatic N) is 2. The molecule has 1 unspecified atom stereocenters. The van der Waals surface area contributed by atoms with E-state index in [2.05, 4.69) is 35.1 Å². The summed E-state index contributed by atoms with van der Waals surface area (Å²) < 4.78 is 47.0.